The summed E-state index contributed by atoms with van der Waals surface area (Å²) < 4.78 is 13.1. The van der Waals surface area contributed by atoms with E-state index in [1.54, 1.807) is 0 Å². The minimum atomic E-state index is -1.69. The van der Waals surface area contributed by atoms with Crippen LogP contribution in [0.15, 0.2) is 0 Å². The van der Waals surface area contributed by atoms with E-state index in [4.69, 9.17) is 8.85 Å². The monoisotopic (exact) mass is 465 g/mol. The molecule has 0 radical (unpaired) electrons. The second-order valence-corrected chi connectivity index (χ2v) is 11.9. The van der Waals surface area contributed by atoms with Crippen molar-refractivity contribution in [1.82, 2.24) is 0 Å². The van der Waals surface area contributed by atoms with Crippen LogP contribution in [0.3, 0.4) is 0 Å². The average Bonchev–Trinajstić information content (AvgIpc) is 2.70. The van der Waals surface area contributed by atoms with Gasteiger partial charge in [-0.3, -0.25) is 0 Å². The van der Waals surface area contributed by atoms with E-state index in [9.17, 15) is 0 Å². The Balaban J connectivity index is 0. The molecule has 0 fully saturated rings. The largest absolute Gasteiger partial charge is 1.00 e. The third-order valence-corrected chi connectivity index (χ3v) is 9.11. The zero-order chi connectivity index (χ0) is 21.8. The summed E-state index contributed by atoms with van der Waals surface area (Å²) in [6, 6.07) is 0.683. The highest BCUT2D eigenvalue weighted by atomic mass is 35.5. The molecule has 0 aliphatic carbocycles. The lowest BCUT2D eigenvalue weighted by Gasteiger charge is -2.42. The molecule has 0 spiro atoms. The van der Waals surface area contributed by atoms with E-state index in [1.807, 2.05) is 0 Å². The molecule has 0 aromatic heterocycles. The van der Waals surface area contributed by atoms with Crippen molar-refractivity contribution in [2.75, 3.05) is 27.3 Å². The zero-order valence-corrected chi connectivity index (χ0v) is 23.4. The molecule has 0 aliphatic rings. The van der Waals surface area contributed by atoms with Gasteiger partial charge in [0, 0.05) is 13.2 Å². The van der Waals surface area contributed by atoms with Gasteiger partial charge >= 0.3 is 9.45 Å². The standard InChI is InChI=1S/C25H56NO2Si.ClH/c1-7-11-12-13-14-15-16-17-18-19-20-21-22-24-25(23-8-2)26(5,6)29(27-9-3)28-10-4;/h25,29H,7-24H2,1-6H3;1H/q+1;/p-1. The van der Waals surface area contributed by atoms with E-state index < -0.39 is 9.45 Å². The quantitative estimate of drug-likeness (QED) is 0.173. The number of rotatable bonds is 22. The topological polar surface area (TPSA) is 18.5 Å². The molecule has 0 heterocycles. The van der Waals surface area contributed by atoms with Crippen LogP contribution in [0.1, 0.15) is 130 Å². The first kappa shape index (κ1) is 32.6. The van der Waals surface area contributed by atoms with E-state index in [2.05, 4.69) is 41.8 Å². The van der Waals surface area contributed by atoms with Gasteiger partial charge in [-0.05, 0) is 33.1 Å². The first-order chi connectivity index (χ1) is 14.0. The van der Waals surface area contributed by atoms with Gasteiger partial charge in [0.25, 0.3) is 0 Å². The van der Waals surface area contributed by atoms with E-state index in [0.717, 1.165) is 17.4 Å². The summed E-state index contributed by atoms with van der Waals surface area (Å²) >= 11 is 0. The Hall–Kier alpha value is 0.387. The highest BCUT2D eigenvalue weighted by Gasteiger charge is 2.40. The van der Waals surface area contributed by atoms with Crippen LogP contribution in [0.4, 0.5) is 0 Å². The molecular formula is C25H56ClNO2Si. The fraction of sp³-hybridized carbons (Fsp3) is 1.00. The van der Waals surface area contributed by atoms with E-state index in [-0.39, 0.29) is 12.4 Å². The molecule has 0 aromatic carbocycles. The van der Waals surface area contributed by atoms with Gasteiger partial charge in [0.05, 0.1) is 20.1 Å². The zero-order valence-electron chi connectivity index (χ0n) is 21.5. The Kier molecular flexibility index (Phi) is 24.5. The minimum Gasteiger partial charge on any atom is -1.00 e. The highest BCUT2D eigenvalue weighted by Crippen LogP contribution is 2.23. The van der Waals surface area contributed by atoms with Crippen LogP contribution < -0.4 is 12.4 Å². The number of nitrogens with zero attached hydrogens (tertiary/aromatic N) is 1. The molecule has 0 rings (SSSR count). The lowest BCUT2D eigenvalue weighted by molar-refractivity contribution is -0.829. The molecule has 0 N–H and O–H groups in total. The first-order valence-corrected chi connectivity index (χ1v) is 14.6. The number of halogens is 1. The van der Waals surface area contributed by atoms with Gasteiger partial charge < -0.3 is 25.4 Å². The maximum atomic E-state index is 6.08. The minimum absolute atomic E-state index is 0. The van der Waals surface area contributed by atoms with Crippen LogP contribution in [0.25, 0.3) is 0 Å². The fourth-order valence-electron chi connectivity index (χ4n) is 4.43. The third-order valence-electron chi connectivity index (χ3n) is 6.37. The molecule has 184 valence electrons. The fourth-order valence-corrected chi connectivity index (χ4v) is 6.51. The Bertz CT molecular complexity index is 339. The van der Waals surface area contributed by atoms with E-state index >= 15 is 0 Å². The summed E-state index contributed by atoms with van der Waals surface area (Å²) in [6.45, 7) is 10.4. The van der Waals surface area contributed by atoms with Crippen molar-refractivity contribution in [3.05, 3.63) is 0 Å². The maximum Gasteiger partial charge on any atom is 0.586 e. The second kappa shape index (κ2) is 22.6. The Morgan fingerprint density at radius 1 is 0.567 bits per heavy atom. The smallest absolute Gasteiger partial charge is 0.586 e. The Morgan fingerprint density at radius 3 is 1.33 bits per heavy atom. The van der Waals surface area contributed by atoms with Gasteiger partial charge in [-0.25, -0.2) is 0 Å². The van der Waals surface area contributed by atoms with Gasteiger partial charge in [0.2, 0.25) is 0 Å². The maximum absolute atomic E-state index is 6.08. The summed E-state index contributed by atoms with van der Waals surface area (Å²) in [5, 5.41) is 0. The van der Waals surface area contributed by atoms with E-state index in [1.165, 1.54) is 103 Å². The van der Waals surface area contributed by atoms with Crippen molar-refractivity contribution < 1.29 is 25.4 Å². The summed E-state index contributed by atoms with van der Waals surface area (Å²) in [6.07, 6.45) is 22.4. The first-order valence-electron chi connectivity index (χ1n) is 13.1. The molecule has 1 atom stereocenters. The average molecular weight is 466 g/mol. The SMILES string of the molecule is CCCCCCCCCCCCCCCC(CCC)[N+](C)(C)[SiH](OCC)OCC.[Cl-]. The highest BCUT2D eigenvalue weighted by molar-refractivity contribution is 6.35. The van der Waals surface area contributed by atoms with Crippen LogP contribution in [-0.4, -0.2) is 46.9 Å². The molecule has 3 nitrogen and oxygen atoms in total. The summed E-state index contributed by atoms with van der Waals surface area (Å²) in [5.74, 6) is 0. The summed E-state index contributed by atoms with van der Waals surface area (Å²) in [5.41, 5.74) is 0. The number of quaternary nitrogens is 1. The van der Waals surface area contributed by atoms with Gasteiger partial charge in [-0.15, -0.1) is 0 Å². The molecule has 0 saturated carbocycles. The van der Waals surface area contributed by atoms with Crippen LogP contribution >= 0.6 is 0 Å². The number of hydrogen-bond donors (Lipinski definition) is 0. The van der Waals surface area contributed by atoms with Crippen LogP contribution in [0.2, 0.25) is 0 Å². The lowest BCUT2D eigenvalue weighted by atomic mass is 10.0. The Morgan fingerprint density at radius 2 is 0.967 bits per heavy atom. The van der Waals surface area contributed by atoms with Gasteiger partial charge in [0.15, 0.2) is 0 Å². The molecule has 5 heteroatoms. The third kappa shape index (κ3) is 16.1. The van der Waals surface area contributed by atoms with Crippen molar-refractivity contribution in [2.45, 2.75) is 136 Å². The molecular weight excluding hydrogens is 410 g/mol. The lowest BCUT2D eigenvalue weighted by Crippen LogP contribution is -3.00. The van der Waals surface area contributed by atoms with Gasteiger partial charge in [0.1, 0.15) is 0 Å². The molecule has 0 aliphatic heterocycles. The number of hydrogen-bond acceptors (Lipinski definition) is 2. The molecule has 1 unspecified atom stereocenters. The van der Waals surface area contributed by atoms with Gasteiger partial charge in [-0.1, -0.05) is 97.3 Å². The van der Waals surface area contributed by atoms with Gasteiger partial charge in [-0.2, -0.15) is 0 Å². The van der Waals surface area contributed by atoms with Crippen molar-refractivity contribution in [3.8, 4) is 0 Å². The molecule has 0 amide bonds. The molecule has 0 saturated heterocycles. The second-order valence-electron chi connectivity index (χ2n) is 9.32. The summed E-state index contributed by atoms with van der Waals surface area (Å²) in [7, 11) is 3.02. The van der Waals surface area contributed by atoms with Crippen LogP contribution in [0.5, 0.6) is 0 Å². The van der Waals surface area contributed by atoms with E-state index in [0.29, 0.717) is 6.04 Å². The van der Waals surface area contributed by atoms with Crippen molar-refractivity contribution >= 4 is 9.45 Å². The predicted octanol–water partition coefficient (Wildman–Crippen LogP) is 4.51. The molecule has 0 aromatic rings. The Labute approximate surface area is 198 Å². The normalized spacial score (nSPS) is 12.9. The molecule has 30 heavy (non-hydrogen) atoms. The summed E-state index contributed by atoms with van der Waals surface area (Å²) in [4.78, 5) is 0. The van der Waals surface area contributed by atoms with Crippen LogP contribution in [0, 0.1) is 0 Å². The van der Waals surface area contributed by atoms with Crippen molar-refractivity contribution in [2.24, 2.45) is 0 Å². The van der Waals surface area contributed by atoms with Crippen molar-refractivity contribution in [3.63, 3.8) is 0 Å². The van der Waals surface area contributed by atoms with Crippen molar-refractivity contribution in [1.29, 1.82) is 0 Å². The molecule has 0 bridgehead atoms. The van der Waals surface area contributed by atoms with Crippen LogP contribution in [-0.2, 0) is 8.85 Å². The number of unbranched alkanes of at least 4 members (excludes halogenated alkanes) is 12. The predicted molar refractivity (Wildman–Crippen MR) is 132 cm³/mol.